The van der Waals surface area contributed by atoms with Crippen LogP contribution in [0, 0.1) is 11.8 Å². The molecule has 1 aliphatic carbocycles. The van der Waals surface area contributed by atoms with Crippen molar-refractivity contribution < 1.29 is 19.2 Å². The summed E-state index contributed by atoms with van der Waals surface area (Å²) < 4.78 is 0. The van der Waals surface area contributed by atoms with Gasteiger partial charge in [0.25, 0.3) is 17.7 Å². The van der Waals surface area contributed by atoms with E-state index in [4.69, 9.17) is 46.4 Å². The van der Waals surface area contributed by atoms with Gasteiger partial charge >= 0.3 is 0 Å². The number of carbonyl (C=O) groups is 4. The topological polar surface area (TPSA) is 74.8 Å². The lowest BCUT2D eigenvalue weighted by molar-refractivity contribution is -0.154. The summed E-state index contributed by atoms with van der Waals surface area (Å²) in [6.45, 7) is -0.604. The number of imide groups is 1. The third-order valence-corrected chi connectivity index (χ3v) is 10.1. The number of fused-ring (bicyclic) bond motifs is 1. The van der Waals surface area contributed by atoms with Crippen LogP contribution in [-0.2, 0) is 9.59 Å². The molecule has 1 aliphatic heterocycles. The van der Waals surface area contributed by atoms with E-state index in [9.17, 15) is 19.2 Å². The van der Waals surface area contributed by atoms with Crippen LogP contribution >= 0.6 is 78.3 Å². The third-order valence-electron chi connectivity index (χ3n) is 6.06. The summed E-state index contributed by atoms with van der Waals surface area (Å²) in [5.41, 5.74) is 0.155. The number of hydrazine groups is 1. The van der Waals surface area contributed by atoms with Gasteiger partial charge in [0.1, 0.15) is 6.54 Å². The molecule has 4 rings (SSSR count). The molecule has 2 fully saturated rings. The maximum Gasteiger partial charge on any atom is 0.273 e. The molecule has 3 amide bonds. The molecule has 1 saturated heterocycles. The Labute approximate surface area is 238 Å². The molecule has 0 N–H and O–H groups in total. The van der Waals surface area contributed by atoms with Gasteiger partial charge in [-0.3, -0.25) is 19.2 Å². The second-order valence-corrected chi connectivity index (χ2v) is 12.3. The van der Waals surface area contributed by atoms with Crippen molar-refractivity contribution in [2.24, 2.45) is 11.8 Å². The van der Waals surface area contributed by atoms with E-state index in [1.165, 1.54) is 36.4 Å². The van der Waals surface area contributed by atoms with Gasteiger partial charge in [-0.05, 0) is 49.2 Å². The highest BCUT2D eigenvalue weighted by Crippen LogP contribution is 2.44. The van der Waals surface area contributed by atoms with Gasteiger partial charge in [-0.1, -0.05) is 78.3 Å². The summed E-state index contributed by atoms with van der Waals surface area (Å²) in [5.74, 6) is -3.63. The molecule has 2 aromatic rings. The van der Waals surface area contributed by atoms with Gasteiger partial charge in [-0.15, -0.1) is 0 Å². The van der Waals surface area contributed by atoms with Crippen LogP contribution < -0.4 is 0 Å². The standard InChI is InChI=1S/C23H16Br2Cl4N2O4/c24-15-7-13-14(8-16(15)25)23(35)31(22(13)34)30(21(33)10-1-4-17(27)19(29)5-10)9-20(32)12-3-2-11(26)6-18(12)28/h1-6,13-16H,7-9H2/t13-,14+,15+,16-. The molecule has 0 unspecified atom stereocenters. The van der Waals surface area contributed by atoms with Gasteiger partial charge in [0, 0.05) is 25.8 Å². The molecule has 0 aromatic heterocycles. The molecule has 1 saturated carbocycles. The molecular formula is C23H16Br2Cl4N2O4. The Morgan fingerprint density at radius 2 is 1.46 bits per heavy atom. The van der Waals surface area contributed by atoms with Crippen LogP contribution in [0.4, 0.5) is 0 Å². The van der Waals surface area contributed by atoms with Gasteiger partial charge in [0.15, 0.2) is 5.78 Å². The second kappa shape index (κ2) is 10.7. The van der Waals surface area contributed by atoms with Gasteiger partial charge in [0.2, 0.25) is 0 Å². The van der Waals surface area contributed by atoms with Crippen molar-refractivity contribution in [3.05, 3.63) is 67.6 Å². The van der Waals surface area contributed by atoms with Gasteiger partial charge < -0.3 is 0 Å². The Morgan fingerprint density at radius 1 is 0.857 bits per heavy atom. The summed E-state index contributed by atoms with van der Waals surface area (Å²) in [6, 6.07) is 8.45. The molecule has 0 spiro atoms. The quantitative estimate of drug-likeness (QED) is 0.206. The van der Waals surface area contributed by atoms with Crippen LogP contribution in [0.15, 0.2) is 36.4 Å². The first-order chi connectivity index (χ1) is 16.5. The first-order valence-electron chi connectivity index (χ1n) is 10.4. The lowest BCUT2D eigenvalue weighted by atomic mass is 9.81. The van der Waals surface area contributed by atoms with E-state index in [-0.39, 0.29) is 35.8 Å². The number of Topliss-reactive ketones (excluding diaryl/α,β-unsaturated/α-hetero) is 1. The summed E-state index contributed by atoms with van der Waals surface area (Å²) >= 11 is 31.3. The van der Waals surface area contributed by atoms with Crippen molar-refractivity contribution in [3.63, 3.8) is 0 Å². The van der Waals surface area contributed by atoms with Crippen molar-refractivity contribution in [1.82, 2.24) is 10.0 Å². The van der Waals surface area contributed by atoms with Gasteiger partial charge in [-0.25, -0.2) is 5.01 Å². The fraction of sp³-hybridized carbons (Fsp3) is 0.304. The maximum atomic E-state index is 13.6. The lowest BCUT2D eigenvalue weighted by Crippen LogP contribution is -2.52. The average molecular weight is 686 g/mol. The molecule has 12 heteroatoms. The Balaban J connectivity index is 1.73. The van der Waals surface area contributed by atoms with Crippen molar-refractivity contribution in [2.75, 3.05) is 6.54 Å². The maximum absolute atomic E-state index is 13.6. The zero-order valence-corrected chi connectivity index (χ0v) is 23.9. The Kier molecular flexibility index (Phi) is 8.20. The minimum atomic E-state index is -0.756. The van der Waals surface area contributed by atoms with Crippen molar-refractivity contribution in [2.45, 2.75) is 22.5 Å². The Bertz CT molecular complexity index is 1220. The predicted molar refractivity (Wildman–Crippen MR) is 142 cm³/mol. The smallest absolute Gasteiger partial charge is 0.273 e. The van der Waals surface area contributed by atoms with E-state index >= 15 is 0 Å². The SMILES string of the molecule is O=C(CN(C(=O)c1ccc(Cl)c(Cl)c1)N1C(=O)[C@H]2C[C@@H](Br)[C@@H](Br)C[C@H]2C1=O)c1ccc(Cl)cc1Cl. The summed E-state index contributed by atoms with van der Waals surface area (Å²) in [7, 11) is 0. The average Bonchev–Trinajstić information content (AvgIpc) is 3.03. The molecular weight excluding hydrogens is 670 g/mol. The number of halogens is 6. The Morgan fingerprint density at radius 3 is 2.00 bits per heavy atom. The lowest BCUT2D eigenvalue weighted by Gasteiger charge is -2.30. The number of benzene rings is 2. The summed E-state index contributed by atoms with van der Waals surface area (Å²) in [6.07, 6.45) is 0.820. The van der Waals surface area contributed by atoms with Crippen molar-refractivity contribution in [1.29, 1.82) is 0 Å². The molecule has 184 valence electrons. The van der Waals surface area contributed by atoms with Gasteiger partial charge in [0.05, 0.1) is 26.9 Å². The number of nitrogens with zero attached hydrogens (tertiary/aromatic N) is 2. The molecule has 2 aromatic carbocycles. The molecule has 35 heavy (non-hydrogen) atoms. The number of amides is 3. The molecule has 1 heterocycles. The second-order valence-electron chi connectivity index (χ2n) is 8.24. The summed E-state index contributed by atoms with van der Waals surface area (Å²) in [4.78, 5) is 53.5. The Hall–Kier alpha value is -1.16. The van der Waals surface area contributed by atoms with Crippen molar-refractivity contribution >= 4 is 102 Å². The first kappa shape index (κ1) is 26.9. The predicted octanol–water partition coefficient (Wildman–Crippen LogP) is 6.46. The van der Waals surface area contributed by atoms with E-state index in [0.717, 1.165) is 10.0 Å². The zero-order chi connectivity index (χ0) is 25.6. The minimum absolute atomic E-state index is 0.0193. The number of rotatable bonds is 5. The van der Waals surface area contributed by atoms with Crippen LogP contribution in [0.5, 0.6) is 0 Å². The summed E-state index contributed by atoms with van der Waals surface area (Å²) in [5, 5.41) is 2.42. The van der Waals surface area contributed by atoms with E-state index < -0.39 is 41.9 Å². The highest BCUT2D eigenvalue weighted by atomic mass is 79.9. The van der Waals surface area contributed by atoms with Crippen LogP contribution in [-0.4, -0.2) is 49.7 Å². The molecule has 0 bridgehead atoms. The number of hydrogen-bond donors (Lipinski definition) is 0. The van der Waals surface area contributed by atoms with Crippen LogP contribution in [0.1, 0.15) is 33.6 Å². The van der Waals surface area contributed by atoms with Crippen LogP contribution in [0.3, 0.4) is 0 Å². The number of hydrogen-bond acceptors (Lipinski definition) is 4. The zero-order valence-electron chi connectivity index (χ0n) is 17.7. The number of alkyl halides is 2. The number of carbonyl (C=O) groups excluding carboxylic acids is 4. The van der Waals surface area contributed by atoms with Gasteiger partial charge in [-0.2, -0.15) is 5.01 Å². The van der Waals surface area contributed by atoms with Crippen LogP contribution in [0.2, 0.25) is 20.1 Å². The molecule has 6 nitrogen and oxygen atoms in total. The minimum Gasteiger partial charge on any atom is -0.292 e. The van der Waals surface area contributed by atoms with E-state index in [1.807, 2.05) is 0 Å². The fourth-order valence-electron chi connectivity index (χ4n) is 4.26. The first-order valence-corrected chi connectivity index (χ1v) is 13.7. The number of ketones is 1. The highest BCUT2D eigenvalue weighted by Gasteiger charge is 2.54. The largest absolute Gasteiger partial charge is 0.292 e. The monoisotopic (exact) mass is 682 g/mol. The van der Waals surface area contributed by atoms with E-state index in [0.29, 0.717) is 17.9 Å². The van der Waals surface area contributed by atoms with E-state index in [1.54, 1.807) is 0 Å². The molecule has 4 atom stereocenters. The molecule has 0 radical (unpaired) electrons. The normalized spacial score (nSPS) is 23.9. The highest BCUT2D eigenvalue weighted by molar-refractivity contribution is 9.12. The molecule has 2 aliphatic rings. The fourth-order valence-corrected chi connectivity index (χ4v) is 6.31. The van der Waals surface area contributed by atoms with E-state index in [2.05, 4.69) is 31.9 Å². The van der Waals surface area contributed by atoms with Crippen LogP contribution in [0.25, 0.3) is 0 Å². The van der Waals surface area contributed by atoms with Crippen molar-refractivity contribution in [3.8, 4) is 0 Å². The third kappa shape index (κ3) is 5.29.